The van der Waals surface area contributed by atoms with Crippen LogP contribution in [0.3, 0.4) is 0 Å². The summed E-state index contributed by atoms with van der Waals surface area (Å²) in [6.07, 6.45) is 3.43. The Labute approximate surface area is 206 Å². The Morgan fingerprint density at radius 3 is 2.46 bits per heavy atom. The number of aromatic nitrogens is 1. The Balaban J connectivity index is 1.43. The average molecular weight is 470 g/mol. The quantitative estimate of drug-likeness (QED) is 0.269. The second-order valence-corrected chi connectivity index (χ2v) is 8.72. The second kappa shape index (κ2) is 11.2. The van der Waals surface area contributed by atoms with Crippen LogP contribution in [-0.2, 0) is 11.3 Å². The van der Waals surface area contributed by atoms with Crippen molar-refractivity contribution in [2.75, 3.05) is 19.8 Å². The number of ether oxygens (including phenoxy) is 4. The van der Waals surface area contributed by atoms with Gasteiger partial charge in [0.1, 0.15) is 24.7 Å². The predicted octanol–water partition coefficient (Wildman–Crippen LogP) is 6.83. The van der Waals surface area contributed by atoms with E-state index in [4.69, 9.17) is 23.9 Å². The van der Waals surface area contributed by atoms with Gasteiger partial charge in [0.25, 0.3) is 0 Å². The summed E-state index contributed by atoms with van der Waals surface area (Å²) in [5.74, 6) is 2.18. The lowest BCUT2D eigenvalue weighted by Crippen LogP contribution is -2.26. The average Bonchev–Trinajstić information content (AvgIpc) is 2.92. The summed E-state index contributed by atoms with van der Waals surface area (Å²) in [5.41, 5.74) is 4.13. The van der Waals surface area contributed by atoms with Gasteiger partial charge in [-0.3, -0.25) is 0 Å². The van der Waals surface area contributed by atoms with Crippen LogP contribution >= 0.6 is 0 Å². The lowest BCUT2D eigenvalue weighted by Gasteiger charge is -2.22. The summed E-state index contributed by atoms with van der Waals surface area (Å²) in [4.78, 5) is 4.83. The molecule has 0 N–H and O–H groups in total. The first-order valence-corrected chi connectivity index (χ1v) is 12.4. The number of benzene rings is 3. The molecule has 5 nitrogen and oxygen atoms in total. The first-order chi connectivity index (χ1) is 17.3. The molecule has 4 aromatic rings. The molecule has 1 saturated heterocycles. The van der Waals surface area contributed by atoms with Crippen LogP contribution in [0, 0.1) is 0 Å². The molecule has 2 heterocycles. The monoisotopic (exact) mass is 469 g/mol. The van der Waals surface area contributed by atoms with Crippen LogP contribution in [0.4, 0.5) is 0 Å². The summed E-state index contributed by atoms with van der Waals surface area (Å²) in [5, 5.41) is 0.955. The van der Waals surface area contributed by atoms with Crippen LogP contribution in [0.25, 0.3) is 22.0 Å². The summed E-state index contributed by atoms with van der Waals surface area (Å²) in [7, 11) is 0. The highest BCUT2D eigenvalue weighted by atomic mass is 16.5. The van der Waals surface area contributed by atoms with Gasteiger partial charge in [0, 0.05) is 18.1 Å². The van der Waals surface area contributed by atoms with Crippen molar-refractivity contribution in [1.82, 2.24) is 4.98 Å². The predicted molar refractivity (Wildman–Crippen MR) is 138 cm³/mol. The van der Waals surface area contributed by atoms with E-state index in [1.165, 1.54) is 6.42 Å². The molecule has 0 aliphatic carbocycles. The molecule has 1 atom stereocenters. The molecule has 180 valence electrons. The Kier molecular flexibility index (Phi) is 7.44. The van der Waals surface area contributed by atoms with Crippen molar-refractivity contribution < 1.29 is 18.9 Å². The van der Waals surface area contributed by atoms with E-state index in [0.717, 1.165) is 58.5 Å². The molecule has 0 amide bonds. The van der Waals surface area contributed by atoms with Gasteiger partial charge in [0.2, 0.25) is 5.88 Å². The van der Waals surface area contributed by atoms with Crippen LogP contribution in [0.15, 0.2) is 78.9 Å². The smallest absolute Gasteiger partial charge is 0.217 e. The maximum atomic E-state index is 6.26. The van der Waals surface area contributed by atoms with Crippen molar-refractivity contribution >= 4 is 10.9 Å². The van der Waals surface area contributed by atoms with Gasteiger partial charge in [-0.1, -0.05) is 48.5 Å². The molecule has 1 fully saturated rings. The highest BCUT2D eigenvalue weighted by Crippen LogP contribution is 2.33. The Morgan fingerprint density at radius 2 is 1.69 bits per heavy atom. The van der Waals surface area contributed by atoms with Crippen LogP contribution in [0.1, 0.15) is 31.7 Å². The molecular formula is C30H31NO4. The number of pyridine rings is 1. The third-order valence-corrected chi connectivity index (χ3v) is 6.18. The van der Waals surface area contributed by atoms with Crippen LogP contribution in [0.2, 0.25) is 0 Å². The molecule has 3 aromatic carbocycles. The molecule has 1 aromatic heterocycles. The first-order valence-electron chi connectivity index (χ1n) is 12.4. The maximum absolute atomic E-state index is 6.26. The van der Waals surface area contributed by atoms with Crippen LogP contribution in [0.5, 0.6) is 17.4 Å². The minimum Gasteiger partial charge on any atom is -0.494 e. The van der Waals surface area contributed by atoms with E-state index in [2.05, 4.69) is 42.5 Å². The van der Waals surface area contributed by atoms with Gasteiger partial charge in [-0.2, -0.15) is 0 Å². The molecule has 1 unspecified atom stereocenters. The molecule has 1 aliphatic rings. The topological polar surface area (TPSA) is 49.8 Å². The molecule has 0 saturated carbocycles. The van der Waals surface area contributed by atoms with E-state index in [-0.39, 0.29) is 6.10 Å². The van der Waals surface area contributed by atoms with Gasteiger partial charge in [-0.25, -0.2) is 4.98 Å². The summed E-state index contributed by atoms with van der Waals surface area (Å²) in [6, 6.07) is 26.4. The zero-order valence-electron chi connectivity index (χ0n) is 20.1. The van der Waals surface area contributed by atoms with Gasteiger partial charge in [0.05, 0.1) is 18.2 Å². The lowest BCUT2D eigenvalue weighted by atomic mass is 10.0. The first kappa shape index (κ1) is 23.2. The fourth-order valence-corrected chi connectivity index (χ4v) is 4.31. The van der Waals surface area contributed by atoms with Crippen molar-refractivity contribution in [1.29, 1.82) is 0 Å². The third-order valence-electron chi connectivity index (χ3n) is 6.18. The van der Waals surface area contributed by atoms with Crippen molar-refractivity contribution in [3.05, 3.63) is 84.4 Å². The third kappa shape index (κ3) is 5.92. The SMILES string of the molecule is CCOc1ccc(-c2ccc3c(OCc4ccccc4)cc(OCC4CCCCO4)nc3c2)cc1. The molecule has 0 bridgehead atoms. The largest absolute Gasteiger partial charge is 0.494 e. The highest BCUT2D eigenvalue weighted by Gasteiger charge is 2.16. The fraction of sp³-hybridized carbons (Fsp3) is 0.300. The van der Waals surface area contributed by atoms with Crippen LogP contribution in [-0.4, -0.2) is 30.9 Å². The maximum Gasteiger partial charge on any atom is 0.217 e. The van der Waals surface area contributed by atoms with E-state index >= 15 is 0 Å². The van der Waals surface area contributed by atoms with E-state index in [9.17, 15) is 0 Å². The zero-order valence-corrected chi connectivity index (χ0v) is 20.1. The molecular weight excluding hydrogens is 438 g/mol. The van der Waals surface area contributed by atoms with Gasteiger partial charge >= 0.3 is 0 Å². The molecule has 1 aliphatic heterocycles. The Bertz CT molecular complexity index is 1230. The van der Waals surface area contributed by atoms with E-state index in [1.54, 1.807) is 0 Å². The molecule has 5 heteroatoms. The summed E-state index contributed by atoms with van der Waals surface area (Å²) >= 11 is 0. The van der Waals surface area contributed by atoms with Crippen molar-refractivity contribution in [3.8, 4) is 28.5 Å². The zero-order chi connectivity index (χ0) is 23.9. The highest BCUT2D eigenvalue weighted by molar-refractivity contribution is 5.89. The molecule has 0 radical (unpaired) electrons. The van der Waals surface area contributed by atoms with Gasteiger partial charge < -0.3 is 18.9 Å². The standard InChI is InChI=1S/C30H31NO4/c1-2-32-25-14-11-23(12-15-25)24-13-16-27-28(18-24)31-30(35-21-26-10-6-7-17-33-26)19-29(27)34-20-22-8-4-3-5-9-22/h3-5,8-9,11-16,18-19,26H,2,6-7,10,17,20-21H2,1H3. The minimum atomic E-state index is 0.116. The molecule has 35 heavy (non-hydrogen) atoms. The summed E-state index contributed by atoms with van der Waals surface area (Å²) in [6.45, 7) is 4.41. The normalized spacial score (nSPS) is 15.6. The number of nitrogens with zero attached hydrogens (tertiary/aromatic N) is 1. The number of fused-ring (bicyclic) bond motifs is 1. The van der Waals surface area contributed by atoms with E-state index < -0.39 is 0 Å². The van der Waals surface area contributed by atoms with Gasteiger partial charge in [-0.15, -0.1) is 0 Å². The van der Waals surface area contributed by atoms with Crippen LogP contribution < -0.4 is 14.2 Å². The molecule has 0 spiro atoms. The number of hydrogen-bond donors (Lipinski definition) is 0. The second-order valence-electron chi connectivity index (χ2n) is 8.72. The Morgan fingerprint density at radius 1 is 0.857 bits per heavy atom. The lowest BCUT2D eigenvalue weighted by molar-refractivity contribution is -0.0119. The van der Waals surface area contributed by atoms with Crippen molar-refractivity contribution in [3.63, 3.8) is 0 Å². The van der Waals surface area contributed by atoms with Gasteiger partial charge in [0.15, 0.2) is 0 Å². The fourth-order valence-electron chi connectivity index (χ4n) is 4.31. The van der Waals surface area contributed by atoms with E-state index in [0.29, 0.717) is 25.7 Å². The number of rotatable bonds is 9. The summed E-state index contributed by atoms with van der Waals surface area (Å²) < 4.78 is 23.8. The van der Waals surface area contributed by atoms with Crippen molar-refractivity contribution in [2.45, 2.75) is 38.9 Å². The number of hydrogen-bond acceptors (Lipinski definition) is 5. The Hall–Kier alpha value is -3.57. The van der Waals surface area contributed by atoms with Gasteiger partial charge in [-0.05, 0) is 67.1 Å². The minimum absolute atomic E-state index is 0.116. The molecule has 5 rings (SSSR count). The van der Waals surface area contributed by atoms with Crippen molar-refractivity contribution in [2.24, 2.45) is 0 Å². The van der Waals surface area contributed by atoms with E-state index in [1.807, 2.05) is 43.3 Å².